The lowest BCUT2D eigenvalue weighted by Gasteiger charge is -2.15. The van der Waals surface area contributed by atoms with E-state index in [1.807, 2.05) is 31.2 Å². The number of hydrogen-bond donors (Lipinski definition) is 2. The summed E-state index contributed by atoms with van der Waals surface area (Å²) in [7, 11) is 0. The van der Waals surface area contributed by atoms with Crippen molar-refractivity contribution in [2.24, 2.45) is 0 Å². The van der Waals surface area contributed by atoms with E-state index in [2.05, 4.69) is 5.32 Å². The molecule has 0 aliphatic carbocycles. The fraction of sp³-hybridized carbons (Fsp3) is 0.333. The summed E-state index contributed by atoms with van der Waals surface area (Å²) < 4.78 is 10.4. The molecular weight excluding hydrogens is 242 g/mol. The van der Waals surface area contributed by atoms with Crippen molar-refractivity contribution < 1.29 is 13.9 Å². The van der Waals surface area contributed by atoms with E-state index in [1.165, 1.54) is 0 Å². The maximum absolute atomic E-state index is 9.92. The highest BCUT2D eigenvalue weighted by atomic mass is 16.4. The number of hydrogen-bond acceptors (Lipinski definition) is 4. The van der Waals surface area contributed by atoms with E-state index in [4.69, 9.17) is 8.83 Å². The summed E-state index contributed by atoms with van der Waals surface area (Å²) in [5.41, 5.74) is 0. The van der Waals surface area contributed by atoms with Crippen LogP contribution in [0.25, 0.3) is 6.08 Å². The van der Waals surface area contributed by atoms with Crippen LogP contribution >= 0.6 is 0 Å². The van der Waals surface area contributed by atoms with Gasteiger partial charge in [0, 0.05) is 12.6 Å². The topological polar surface area (TPSA) is 58.5 Å². The van der Waals surface area contributed by atoms with Crippen LogP contribution in [0.15, 0.2) is 51.7 Å². The largest absolute Gasteiger partial charge is 0.467 e. The van der Waals surface area contributed by atoms with Gasteiger partial charge < -0.3 is 19.3 Å². The Morgan fingerprint density at radius 2 is 2.05 bits per heavy atom. The van der Waals surface area contributed by atoms with Gasteiger partial charge in [0.25, 0.3) is 0 Å². The molecule has 0 saturated carbocycles. The highest BCUT2D eigenvalue weighted by Gasteiger charge is 2.13. The summed E-state index contributed by atoms with van der Waals surface area (Å²) >= 11 is 0. The molecule has 4 nitrogen and oxygen atoms in total. The first-order chi connectivity index (χ1) is 9.25. The third kappa shape index (κ3) is 4.43. The molecule has 4 heteroatoms. The number of nitrogens with one attached hydrogen (secondary N) is 1. The molecule has 0 aromatic carbocycles. The van der Waals surface area contributed by atoms with Crippen LogP contribution in [0.2, 0.25) is 0 Å². The van der Waals surface area contributed by atoms with Crippen molar-refractivity contribution in [2.75, 3.05) is 6.54 Å². The first-order valence-electron chi connectivity index (χ1n) is 6.40. The number of rotatable bonds is 7. The van der Waals surface area contributed by atoms with Gasteiger partial charge in [-0.25, -0.2) is 0 Å². The van der Waals surface area contributed by atoms with E-state index in [1.54, 1.807) is 24.7 Å². The average molecular weight is 261 g/mol. The monoisotopic (exact) mass is 261 g/mol. The highest BCUT2D eigenvalue weighted by molar-refractivity contribution is 5.42. The smallest absolute Gasteiger partial charge is 0.132 e. The second kappa shape index (κ2) is 6.97. The molecule has 2 heterocycles. The maximum atomic E-state index is 9.92. The number of aliphatic hydroxyl groups excluding tert-OH is 1. The Balaban J connectivity index is 1.68. The van der Waals surface area contributed by atoms with E-state index in [9.17, 15) is 5.11 Å². The van der Waals surface area contributed by atoms with Crippen LogP contribution in [0.5, 0.6) is 0 Å². The number of furan rings is 2. The summed E-state index contributed by atoms with van der Waals surface area (Å²) in [6.07, 6.45) is 7.18. The Labute approximate surface area is 112 Å². The molecule has 0 aliphatic rings. The van der Waals surface area contributed by atoms with Crippen LogP contribution in [0.1, 0.15) is 31.0 Å². The fourth-order valence-corrected chi connectivity index (χ4v) is 1.85. The van der Waals surface area contributed by atoms with E-state index in [0.29, 0.717) is 12.2 Å². The molecule has 2 rings (SSSR count). The first-order valence-corrected chi connectivity index (χ1v) is 6.40. The van der Waals surface area contributed by atoms with Crippen molar-refractivity contribution in [1.29, 1.82) is 0 Å². The Bertz CT molecular complexity index is 473. The quantitative estimate of drug-likeness (QED) is 0.804. The van der Waals surface area contributed by atoms with Gasteiger partial charge in [-0.2, -0.15) is 0 Å². The standard InChI is InChI=1S/C15H19NO3/c1-12(11-14(17)15-7-4-10-19-15)16-8-2-5-13-6-3-9-18-13/h2-7,9-10,12,14,16-17H,8,11H2,1H3/b5-2+. The van der Waals surface area contributed by atoms with Crippen molar-refractivity contribution in [1.82, 2.24) is 5.32 Å². The van der Waals surface area contributed by atoms with E-state index in [0.717, 1.165) is 12.3 Å². The predicted octanol–water partition coefficient (Wildman–Crippen LogP) is 2.99. The third-order valence-electron chi connectivity index (χ3n) is 2.86. The van der Waals surface area contributed by atoms with Gasteiger partial charge in [0.05, 0.1) is 12.5 Å². The summed E-state index contributed by atoms with van der Waals surface area (Å²) in [6, 6.07) is 7.52. The van der Waals surface area contributed by atoms with Gasteiger partial charge in [0.2, 0.25) is 0 Å². The van der Waals surface area contributed by atoms with Crippen molar-refractivity contribution >= 4 is 6.08 Å². The fourth-order valence-electron chi connectivity index (χ4n) is 1.85. The van der Waals surface area contributed by atoms with Gasteiger partial charge in [-0.05, 0) is 43.7 Å². The molecule has 0 fully saturated rings. The summed E-state index contributed by atoms with van der Waals surface area (Å²) in [5, 5.41) is 13.2. The van der Waals surface area contributed by atoms with E-state index < -0.39 is 6.10 Å². The Morgan fingerprint density at radius 1 is 1.26 bits per heavy atom. The van der Waals surface area contributed by atoms with Crippen LogP contribution in [-0.4, -0.2) is 17.7 Å². The van der Waals surface area contributed by atoms with Crippen molar-refractivity contribution in [3.8, 4) is 0 Å². The summed E-state index contributed by atoms with van der Waals surface area (Å²) in [4.78, 5) is 0. The molecule has 2 atom stereocenters. The number of aliphatic hydroxyl groups is 1. The zero-order chi connectivity index (χ0) is 13.5. The van der Waals surface area contributed by atoms with Gasteiger partial charge in [0.15, 0.2) is 0 Å². The minimum absolute atomic E-state index is 0.196. The van der Waals surface area contributed by atoms with Gasteiger partial charge in [0.1, 0.15) is 17.6 Å². The Morgan fingerprint density at radius 3 is 2.74 bits per heavy atom. The second-order valence-corrected chi connectivity index (χ2v) is 4.49. The molecular formula is C15H19NO3. The van der Waals surface area contributed by atoms with Gasteiger partial charge in [-0.15, -0.1) is 0 Å². The molecule has 2 aromatic heterocycles. The molecule has 102 valence electrons. The molecule has 19 heavy (non-hydrogen) atoms. The molecule has 2 unspecified atom stereocenters. The molecule has 0 aliphatic heterocycles. The average Bonchev–Trinajstić information content (AvgIpc) is 3.07. The van der Waals surface area contributed by atoms with E-state index in [-0.39, 0.29) is 6.04 Å². The Hall–Kier alpha value is -1.78. The first kappa shape index (κ1) is 13.6. The van der Waals surface area contributed by atoms with Crippen LogP contribution in [0.4, 0.5) is 0 Å². The van der Waals surface area contributed by atoms with Crippen LogP contribution in [-0.2, 0) is 0 Å². The lowest BCUT2D eigenvalue weighted by molar-refractivity contribution is 0.129. The van der Waals surface area contributed by atoms with Gasteiger partial charge in [-0.3, -0.25) is 0 Å². The molecule has 0 radical (unpaired) electrons. The molecule has 0 spiro atoms. The maximum Gasteiger partial charge on any atom is 0.132 e. The van der Waals surface area contributed by atoms with Crippen molar-refractivity contribution in [3.63, 3.8) is 0 Å². The molecule has 0 saturated heterocycles. The molecule has 0 bridgehead atoms. The van der Waals surface area contributed by atoms with Crippen LogP contribution in [0, 0.1) is 0 Å². The third-order valence-corrected chi connectivity index (χ3v) is 2.86. The molecule has 0 amide bonds. The zero-order valence-electron chi connectivity index (χ0n) is 11.0. The SMILES string of the molecule is CC(CC(O)c1ccco1)NC/C=C/c1ccco1. The lowest BCUT2D eigenvalue weighted by atomic mass is 10.1. The van der Waals surface area contributed by atoms with Gasteiger partial charge >= 0.3 is 0 Å². The molecule has 2 aromatic rings. The summed E-state index contributed by atoms with van der Waals surface area (Å²) in [5.74, 6) is 1.45. The Kier molecular flexibility index (Phi) is 5.01. The minimum Gasteiger partial charge on any atom is -0.467 e. The molecule has 2 N–H and O–H groups in total. The van der Waals surface area contributed by atoms with Crippen molar-refractivity contribution in [3.05, 3.63) is 54.4 Å². The second-order valence-electron chi connectivity index (χ2n) is 4.49. The normalized spacial score (nSPS) is 14.8. The lowest BCUT2D eigenvalue weighted by Crippen LogP contribution is -2.27. The van der Waals surface area contributed by atoms with Crippen molar-refractivity contribution in [2.45, 2.75) is 25.5 Å². The minimum atomic E-state index is -0.563. The van der Waals surface area contributed by atoms with Gasteiger partial charge in [-0.1, -0.05) is 6.08 Å². The van der Waals surface area contributed by atoms with E-state index >= 15 is 0 Å². The predicted molar refractivity (Wildman–Crippen MR) is 73.5 cm³/mol. The summed E-state index contributed by atoms with van der Waals surface area (Å²) in [6.45, 7) is 2.76. The van der Waals surface area contributed by atoms with Crippen LogP contribution < -0.4 is 5.32 Å². The highest BCUT2D eigenvalue weighted by Crippen LogP contribution is 2.18. The van der Waals surface area contributed by atoms with Crippen LogP contribution in [0.3, 0.4) is 0 Å². The zero-order valence-corrected chi connectivity index (χ0v) is 11.0.